The molecule has 0 spiro atoms. The van der Waals surface area contributed by atoms with Crippen LogP contribution in [0.1, 0.15) is 18.1 Å². The first-order valence-corrected chi connectivity index (χ1v) is 5.98. The number of carbonyl (C=O) groups excluding carboxylic acids is 1. The summed E-state index contributed by atoms with van der Waals surface area (Å²) < 4.78 is 5.61. The largest absolute Gasteiger partial charge is 0.466 e. The Kier molecular flexibility index (Phi) is 3.08. The Bertz CT molecular complexity index is 506. The van der Waals surface area contributed by atoms with Crippen molar-refractivity contribution >= 4 is 39.1 Å². The highest BCUT2D eigenvalue weighted by molar-refractivity contribution is 9.10. The standard InChI is InChI=1S/C12H10BrClO2/c1-6-8(12(15)16-2)5-7-3-4-9(14)11(13)10(6)7/h3-4H,5H2,1-2H3. The molecule has 0 fully saturated rings. The predicted octanol–water partition coefficient (Wildman–Crippen LogP) is 3.61. The van der Waals surface area contributed by atoms with Gasteiger partial charge in [-0.15, -0.1) is 0 Å². The van der Waals surface area contributed by atoms with Gasteiger partial charge in [-0.3, -0.25) is 0 Å². The molecule has 0 amide bonds. The predicted molar refractivity (Wildman–Crippen MR) is 67.5 cm³/mol. The molecule has 0 aromatic heterocycles. The molecule has 2 rings (SSSR count). The summed E-state index contributed by atoms with van der Waals surface area (Å²) in [5.41, 5.74) is 3.78. The van der Waals surface area contributed by atoms with Crippen LogP contribution in [0.15, 0.2) is 22.2 Å². The van der Waals surface area contributed by atoms with Crippen LogP contribution in [0.5, 0.6) is 0 Å². The number of allylic oxidation sites excluding steroid dienone is 1. The van der Waals surface area contributed by atoms with Gasteiger partial charge in [-0.2, -0.15) is 0 Å². The fourth-order valence-electron chi connectivity index (χ4n) is 1.97. The monoisotopic (exact) mass is 300 g/mol. The number of halogens is 2. The van der Waals surface area contributed by atoms with E-state index in [2.05, 4.69) is 15.9 Å². The fourth-order valence-corrected chi connectivity index (χ4v) is 2.81. The lowest BCUT2D eigenvalue weighted by atomic mass is 10.1. The minimum atomic E-state index is -0.267. The Balaban J connectivity index is 2.57. The van der Waals surface area contributed by atoms with E-state index in [0.717, 1.165) is 21.2 Å². The molecule has 0 saturated carbocycles. The molecule has 0 saturated heterocycles. The number of esters is 1. The molecule has 1 aliphatic carbocycles. The van der Waals surface area contributed by atoms with Crippen molar-refractivity contribution in [3.63, 3.8) is 0 Å². The van der Waals surface area contributed by atoms with E-state index >= 15 is 0 Å². The van der Waals surface area contributed by atoms with Crippen molar-refractivity contribution in [2.24, 2.45) is 0 Å². The van der Waals surface area contributed by atoms with E-state index < -0.39 is 0 Å². The molecule has 16 heavy (non-hydrogen) atoms. The van der Waals surface area contributed by atoms with E-state index in [0.29, 0.717) is 17.0 Å². The van der Waals surface area contributed by atoms with E-state index in [9.17, 15) is 4.79 Å². The Morgan fingerprint density at radius 3 is 2.81 bits per heavy atom. The number of ether oxygens (including phenoxy) is 1. The van der Waals surface area contributed by atoms with Gasteiger partial charge in [-0.25, -0.2) is 4.79 Å². The van der Waals surface area contributed by atoms with Crippen LogP contribution in [-0.4, -0.2) is 13.1 Å². The molecule has 0 unspecified atom stereocenters. The van der Waals surface area contributed by atoms with Crippen LogP contribution in [0.4, 0.5) is 0 Å². The van der Waals surface area contributed by atoms with Crippen molar-refractivity contribution in [3.05, 3.63) is 38.3 Å². The molecule has 0 bridgehead atoms. The van der Waals surface area contributed by atoms with Gasteiger partial charge in [0.05, 0.1) is 12.1 Å². The van der Waals surface area contributed by atoms with Gasteiger partial charge in [0.15, 0.2) is 0 Å². The zero-order chi connectivity index (χ0) is 11.9. The van der Waals surface area contributed by atoms with Crippen LogP contribution < -0.4 is 0 Å². The molecule has 4 heteroatoms. The molecule has 1 aromatic rings. The summed E-state index contributed by atoms with van der Waals surface area (Å²) >= 11 is 9.49. The molecule has 0 N–H and O–H groups in total. The van der Waals surface area contributed by atoms with Gasteiger partial charge >= 0.3 is 5.97 Å². The minimum Gasteiger partial charge on any atom is -0.466 e. The lowest BCUT2D eigenvalue weighted by Crippen LogP contribution is -2.05. The van der Waals surface area contributed by atoms with Crippen molar-refractivity contribution in [1.29, 1.82) is 0 Å². The van der Waals surface area contributed by atoms with Crippen LogP contribution in [0.2, 0.25) is 5.02 Å². The van der Waals surface area contributed by atoms with E-state index in [1.807, 2.05) is 19.1 Å². The van der Waals surface area contributed by atoms with Crippen LogP contribution in [0, 0.1) is 0 Å². The van der Waals surface area contributed by atoms with Gasteiger partial charge in [-0.05, 0) is 45.6 Å². The third-order valence-electron chi connectivity index (χ3n) is 2.81. The summed E-state index contributed by atoms with van der Waals surface area (Å²) in [5, 5.41) is 0.657. The van der Waals surface area contributed by atoms with Gasteiger partial charge in [-0.1, -0.05) is 17.7 Å². The average Bonchev–Trinajstić information content (AvgIpc) is 2.61. The average molecular weight is 302 g/mol. The van der Waals surface area contributed by atoms with E-state index in [-0.39, 0.29) is 5.97 Å². The fraction of sp³-hybridized carbons (Fsp3) is 0.250. The first-order chi connectivity index (χ1) is 7.56. The second-order valence-electron chi connectivity index (χ2n) is 3.67. The lowest BCUT2D eigenvalue weighted by Gasteiger charge is -2.05. The second kappa shape index (κ2) is 4.22. The minimum absolute atomic E-state index is 0.267. The van der Waals surface area contributed by atoms with Crippen molar-refractivity contribution in [2.75, 3.05) is 7.11 Å². The Morgan fingerprint density at radius 1 is 1.50 bits per heavy atom. The van der Waals surface area contributed by atoms with Crippen molar-refractivity contribution in [3.8, 4) is 0 Å². The maximum absolute atomic E-state index is 11.6. The van der Waals surface area contributed by atoms with Crippen molar-refractivity contribution < 1.29 is 9.53 Å². The molecular formula is C12H10BrClO2. The zero-order valence-electron chi connectivity index (χ0n) is 8.93. The Labute approximate surface area is 107 Å². The third-order valence-corrected chi connectivity index (χ3v) is 4.17. The van der Waals surface area contributed by atoms with Crippen LogP contribution in [0.25, 0.3) is 5.57 Å². The highest BCUT2D eigenvalue weighted by Crippen LogP contribution is 2.40. The van der Waals surface area contributed by atoms with E-state index in [4.69, 9.17) is 16.3 Å². The Morgan fingerprint density at radius 2 is 2.19 bits per heavy atom. The smallest absolute Gasteiger partial charge is 0.334 e. The molecule has 0 radical (unpaired) electrons. The van der Waals surface area contributed by atoms with Gasteiger partial charge in [0.1, 0.15) is 0 Å². The first kappa shape index (κ1) is 11.7. The number of fused-ring (bicyclic) bond motifs is 1. The third kappa shape index (κ3) is 1.68. The lowest BCUT2D eigenvalue weighted by molar-refractivity contribution is -0.136. The highest BCUT2D eigenvalue weighted by atomic mass is 79.9. The zero-order valence-corrected chi connectivity index (χ0v) is 11.3. The second-order valence-corrected chi connectivity index (χ2v) is 4.87. The SMILES string of the molecule is COC(=O)C1=C(C)c2c(ccc(Cl)c2Br)C1. The van der Waals surface area contributed by atoms with Gasteiger partial charge in [0.2, 0.25) is 0 Å². The maximum atomic E-state index is 11.6. The van der Waals surface area contributed by atoms with Crippen LogP contribution in [-0.2, 0) is 16.0 Å². The molecular weight excluding hydrogens is 291 g/mol. The summed E-state index contributed by atoms with van der Waals surface area (Å²) in [6.45, 7) is 1.92. The van der Waals surface area contributed by atoms with Gasteiger partial charge < -0.3 is 4.74 Å². The Hall–Kier alpha value is -0.800. The number of methoxy groups -OCH3 is 1. The number of hydrogen-bond acceptors (Lipinski definition) is 2. The molecule has 0 atom stereocenters. The molecule has 2 nitrogen and oxygen atoms in total. The summed E-state index contributed by atoms with van der Waals surface area (Å²) in [6, 6.07) is 3.78. The highest BCUT2D eigenvalue weighted by Gasteiger charge is 2.26. The number of carbonyl (C=O) groups is 1. The van der Waals surface area contributed by atoms with Crippen LogP contribution >= 0.6 is 27.5 Å². The quantitative estimate of drug-likeness (QED) is 0.741. The molecule has 84 valence electrons. The van der Waals surface area contributed by atoms with Gasteiger partial charge in [0.25, 0.3) is 0 Å². The van der Waals surface area contributed by atoms with Crippen LogP contribution in [0.3, 0.4) is 0 Å². The van der Waals surface area contributed by atoms with E-state index in [1.54, 1.807) is 0 Å². The first-order valence-electron chi connectivity index (χ1n) is 4.81. The maximum Gasteiger partial charge on any atom is 0.334 e. The summed E-state index contributed by atoms with van der Waals surface area (Å²) in [5.74, 6) is -0.267. The van der Waals surface area contributed by atoms with Crippen molar-refractivity contribution in [1.82, 2.24) is 0 Å². The topological polar surface area (TPSA) is 26.3 Å². The normalized spacial score (nSPS) is 14.0. The molecule has 0 aliphatic heterocycles. The summed E-state index contributed by atoms with van der Waals surface area (Å²) in [6.07, 6.45) is 0.615. The van der Waals surface area contributed by atoms with E-state index in [1.165, 1.54) is 7.11 Å². The molecule has 1 aliphatic rings. The van der Waals surface area contributed by atoms with Gasteiger partial charge in [0, 0.05) is 16.5 Å². The summed E-state index contributed by atoms with van der Waals surface area (Å²) in [7, 11) is 1.40. The summed E-state index contributed by atoms with van der Waals surface area (Å²) in [4.78, 5) is 11.6. The molecule has 1 aromatic carbocycles. The number of benzene rings is 1. The number of rotatable bonds is 1. The van der Waals surface area contributed by atoms with Crippen molar-refractivity contribution in [2.45, 2.75) is 13.3 Å². The number of hydrogen-bond donors (Lipinski definition) is 0. The molecule has 0 heterocycles.